The van der Waals surface area contributed by atoms with Crippen molar-refractivity contribution in [3.8, 4) is 0 Å². The fraction of sp³-hybridized carbons (Fsp3) is 0.905. The average molecular weight is 416 g/mol. The van der Waals surface area contributed by atoms with E-state index in [1.807, 2.05) is 0 Å². The van der Waals surface area contributed by atoms with Crippen molar-refractivity contribution in [3.63, 3.8) is 0 Å². The first-order chi connectivity index (χ1) is 12.7. The number of hydroxylamine groups is 1. The van der Waals surface area contributed by atoms with Crippen molar-refractivity contribution in [1.29, 1.82) is 0 Å². The Kier molecular flexibility index (Phi) is 8.72. The fourth-order valence-electron chi connectivity index (χ4n) is 4.45. The number of ether oxygens (including phenoxy) is 1. The second-order valence-corrected chi connectivity index (χ2v) is 15.5. The van der Waals surface area contributed by atoms with E-state index in [1.54, 1.807) is 27.0 Å². The first-order valence-electron chi connectivity index (χ1n) is 10.5. The number of rotatable bonds is 9. The molecule has 1 aliphatic heterocycles. The highest BCUT2D eigenvalue weighted by Crippen LogP contribution is 2.44. The Morgan fingerprint density at radius 2 is 1.68 bits per heavy atom. The van der Waals surface area contributed by atoms with E-state index in [0.717, 1.165) is 4.74 Å². The summed E-state index contributed by atoms with van der Waals surface area (Å²) in [6.07, 6.45) is 1.27. The molecule has 0 spiro atoms. The fourth-order valence-corrected chi connectivity index (χ4v) is 10.0. The summed E-state index contributed by atoms with van der Waals surface area (Å²) in [6.45, 7) is 18.5. The van der Waals surface area contributed by atoms with Gasteiger partial charge >= 0.3 is 5.97 Å². The minimum absolute atomic E-state index is 0.103. The van der Waals surface area contributed by atoms with E-state index in [0.29, 0.717) is 23.0 Å². The van der Waals surface area contributed by atoms with Crippen LogP contribution in [0.3, 0.4) is 0 Å². The van der Waals surface area contributed by atoms with Gasteiger partial charge in [0.25, 0.3) is 0 Å². The smallest absolute Gasteiger partial charge is 0.311 e. The number of hydrogen-bond donors (Lipinski definition) is 1. The summed E-state index contributed by atoms with van der Waals surface area (Å²) in [5.41, 5.74) is 0.651. The predicted molar refractivity (Wildman–Crippen MR) is 115 cm³/mol. The molecule has 3 atom stereocenters. The van der Waals surface area contributed by atoms with Crippen LogP contribution in [0.5, 0.6) is 0 Å². The van der Waals surface area contributed by atoms with Crippen LogP contribution < -0.4 is 0 Å². The number of carbonyl (C=O) groups is 1. The summed E-state index contributed by atoms with van der Waals surface area (Å²) in [4.78, 5) is 11.9. The lowest BCUT2D eigenvalue weighted by molar-refractivity contribution is -0.499. The van der Waals surface area contributed by atoms with Crippen molar-refractivity contribution >= 4 is 20.5 Å². The highest BCUT2D eigenvalue weighted by atomic mass is 28.4. The van der Waals surface area contributed by atoms with E-state index in [2.05, 4.69) is 41.5 Å². The van der Waals surface area contributed by atoms with Crippen LogP contribution >= 0.6 is 0 Å². The van der Waals surface area contributed by atoms with Gasteiger partial charge in [-0.1, -0.05) is 41.5 Å². The normalized spacial score (nSPS) is 22.1. The number of esters is 1. The van der Waals surface area contributed by atoms with Crippen LogP contribution in [0.15, 0.2) is 0 Å². The molecule has 0 bridgehead atoms. The van der Waals surface area contributed by atoms with Crippen LogP contribution in [0.1, 0.15) is 75.2 Å². The van der Waals surface area contributed by atoms with Gasteiger partial charge < -0.3 is 19.5 Å². The molecule has 1 aliphatic rings. The van der Waals surface area contributed by atoms with Gasteiger partial charge in [0.15, 0.2) is 12.3 Å². The first-order valence-corrected chi connectivity index (χ1v) is 12.7. The van der Waals surface area contributed by atoms with Gasteiger partial charge in [-0.15, -0.1) is 0 Å². The molecule has 0 aliphatic carbocycles. The molecule has 0 aromatic rings. The molecule has 164 valence electrons. The van der Waals surface area contributed by atoms with Crippen molar-refractivity contribution < 1.29 is 23.8 Å². The zero-order valence-electron chi connectivity index (χ0n) is 19.2. The molecule has 0 fully saturated rings. The summed E-state index contributed by atoms with van der Waals surface area (Å²) >= 11 is 0. The zero-order valence-corrected chi connectivity index (χ0v) is 20.2. The lowest BCUT2D eigenvalue weighted by atomic mass is 9.97. The van der Waals surface area contributed by atoms with Crippen molar-refractivity contribution in [2.75, 3.05) is 6.61 Å². The third-order valence-electron chi connectivity index (χ3n) is 5.87. The average Bonchev–Trinajstić information content (AvgIpc) is 2.88. The second-order valence-electron chi connectivity index (χ2n) is 10.1. The van der Waals surface area contributed by atoms with Gasteiger partial charge in [0.2, 0.25) is 8.32 Å². The molecular formula is C21H41NO5Si. The van der Waals surface area contributed by atoms with Crippen molar-refractivity contribution in [2.45, 2.75) is 110 Å². The Morgan fingerprint density at radius 3 is 2.11 bits per heavy atom. The maximum absolute atomic E-state index is 12.4. The van der Waals surface area contributed by atoms with Gasteiger partial charge in [-0.05, 0) is 37.4 Å². The number of aliphatic hydroxyl groups excluding tert-OH is 1. The zero-order chi connectivity index (χ0) is 21.9. The minimum atomic E-state index is -2.13. The summed E-state index contributed by atoms with van der Waals surface area (Å²) < 4.78 is 12.9. The molecule has 0 unspecified atom stereocenters. The van der Waals surface area contributed by atoms with E-state index in [9.17, 15) is 15.1 Å². The van der Waals surface area contributed by atoms with E-state index in [4.69, 9.17) is 9.16 Å². The molecule has 0 aromatic carbocycles. The first kappa shape index (κ1) is 25.1. The molecule has 6 nitrogen and oxygen atoms in total. The van der Waals surface area contributed by atoms with Crippen LogP contribution in [0.2, 0.25) is 16.6 Å². The lowest BCUT2D eigenvalue weighted by Gasteiger charge is -2.44. The predicted octanol–water partition coefficient (Wildman–Crippen LogP) is 4.24. The maximum atomic E-state index is 12.4. The molecule has 1 N–H and O–H groups in total. The third-order valence-corrected chi connectivity index (χ3v) is 12.0. The summed E-state index contributed by atoms with van der Waals surface area (Å²) in [5, 5.41) is 22.8. The molecule has 0 amide bonds. The molecule has 0 saturated carbocycles. The maximum Gasteiger partial charge on any atom is 0.311 e. The molecule has 7 heteroatoms. The minimum Gasteiger partial charge on any atom is -0.624 e. The number of carbonyl (C=O) groups excluding carboxylic acids is 1. The molecule has 1 heterocycles. The molecule has 1 rings (SSSR count). The van der Waals surface area contributed by atoms with Gasteiger partial charge in [-0.25, -0.2) is 4.74 Å². The van der Waals surface area contributed by atoms with Gasteiger partial charge in [-0.3, -0.25) is 4.79 Å². The highest BCUT2D eigenvalue weighted by molar-refractivity contribution is 6.77. The molecule has 0 aromatic heterocycles. The molecular weight excluding hydrogens is 374 g/mol. The van der Waals surface area contributed by atoms with Gasteiger partial charge in [-0.2, -0.15) is 0 Å². The number of nitrogens with zero attached hydrogens (tertiary/aromatic N) is 1. The van der Waals surface area contributed by atoms with E-state index >= 15 is 0 Å². The monoisotopic (exact) mass is 415 g/mol. The highest BCUT2D eigenvalue weighted by Gasteiger charge is 2.50. The summed E-state index contributed by atoms with van der Waals surface area (Å²) in [7, 11) is -2.13. The van der Waals surface area contributed by atoms with Crippen LogP contribution in [0, 0.1) is 10.6 Å². The Balaban J connectivity index is 2.85. The third kappa shape index (κ3) is 5.80. The Labute approximate surface area is 172 Å². The summed E-state index contributed by atoms with van der Waals surface area (Å²) in [6, 6.07) is -0.452. The van der Waals surface area contributed by atoms with Gasteiger partial charge in [0.05, 0.1) is 17.9 Å². The Bertz CT molecular complexity index is 532. The SMILES string of the molecule is CC(C)[Si](O[C@H]1CC=[N+]([O-])[C@@H]1C[C@@H](O)COC(=O)C(C)(C)C)(C(C)C)C(C)C. The number of aliphatic hydroxyl groups is 1. The van der Waals surface area contributed by atoms with Crippen LogP contribution in [-0.2, 0) is 14.0 Å². The molecule has 0 radical (unpaired) electrons. The standard InChI is InChI=1S/C21H41NO5Si/c1-14(2)28(15(3)4,16(5)6)27-19-10-11-22(25)18(19)12-17(23)13-26-20(24)21(7,8)9/h11,14-19,23H,10,12-13H2,1-9H3/t17-,18-,19+/m1/s1. The topological polar surface area (TPSA) is 81.8 Å². The largest absolute Gasteiger partial charge is 0.624 e. The van der Waals surface area contributed by atoms with Crippen LogP contribution in [-0.4, -0.2) is 55.2 Å². The van der Waals surface area contributed by atoms with Crippen LogP contribution in [0.25, 0.3) is 0 Å². The van der Waals surface area contributed by atoms with Gasteiger partial charge in [0, 0.05) is 6.42 Å². The molecule has 0 saturated heterocycles. The van der Waals surface area contributed by atoms with E-state index < -0.39 is 25.9 Å². The summed E-state index contributed by atoms with van der Waals surface area (Å²) in [5.74, 6) is -0.359. The van der Waals surface area contributed by atoms with Crippen LogP contribution in [0.4, 0.5) is 0 Å². The van der Waals surface area contributed by atoms with Gasteiger partial charge in [0.1, 0.15) is 12.7 Å². The van der Waals surface area contributed by atoms with Crippen molar-refractivity contribution in [3.05, 3.63) is 5.21 Å². The quantitative estimate of drug-likeness (QED) is 0.264. The number of hydrogen-bond acceptors (Lipinski definition) is 5. The van der Waals surface area contributed by atoms with E-state index in [-0.39, 0.29) is 25.1 Å². The molecule has 28 heavy (non-hydrogen) atoms. The Morgan fingerprint density at radius 1 is 1.18 bits per heavy atom. The second kappa shape index (κ2) is 9.72. The van der Waals surface area contributed by atoms with Crippen molar-refractivity contribution in [1.82, 2.24) is 0 Å². The Hall–Kier alpha value is -0.923. The van der Waals surface area contributed by atoms with E-state index in [1.165, 1.54) is 0 Å². The van der Waals surface area contributed by atoms with Crippen molar-refractivity contribution in [2.24, 2.45) is 5.41 Å². The lowest BCUT2D eigenvalue weighted by Crippen LogP contribution is -2.52.